The number of rotatable bonds is 6. The molecule has 0 fully saturated rings. The lowest BCUT2D eigenvalue weighted by molar-refractivity contribution is 0.0954. The molecule has 3 rings (SSSR count). The fourth-order valence-electron chi connectivity index (χ4n) is 2.71. The highest BCUT2D eigenvalue weighted by molar-refractivity contribution is 5.94. The van der Waals surface area contributed by atoms with Crippen LogP contribution in [0.5, 0.6) is 0 Å². The zero-order valence-corrected chi connectivity index (χ0v) is 13.3. The Morgan fingerprint density at radius 3 is 2.67 bits per heavy atom. The van der Waals surface area contributed by atoms with E-state index in [0.717, 1.165) is 16.9 Å². The largest absolute Gasteiger partial charge is 0.352 e. The number of hydrogen-bond acceptors (Lipinski definition) is 3. The van der Waals surface area contributed by atoms with Gasteiger partial charge in [-0.2, -0.15) is 5.26 Å². The van der Waals surface area contributed by atoms with Gasteiger partial charge in [-0.1, -0.05) is 30.3 Å². The highest BCUT2D eigenvalue weighted by Crippen LogP contribution is 2.16. The predicted octanol–water partition coefficient (Wildman–Crippen LogP) is 2.92. The Balaban J connectivity index is 1.70. The molecule has 0 saturated heterocycles. The van der Waals surface area contributed by atoms with Crippen LogP contribution in [0.4, 0.5) is 0 Å². The molecule has 0 spiro atoms. The standard InChI is InChI=1S/C19H18N4O/c20-12-6-14-23-17-10-5-4-9-16(17)22-18(23)11-13-21-19(24)15-7-2-1-3-8-15/h1-5,7-10H,6,11,13-14H2,(H,21,24). The van der Waals surface area contributed by atoms with Gasteiger partial charge in [-0.15, -0.1) is 0 Å². The van der Waals surface area contributed by atoms with E-state index >= 15 is 0 Å². The summed E-state index contributed by atoms with van der Waals surface area (Å²) in [5, 5.41) is 11.8. The number of carbonyl (C=O) groups excluding carboxylic acids is 1. The topological polar surface area (TPSA) is 70.7 Å². The molecular formula is C19H18N4O. The molecule has 120 valence electrons. The number of nitrogens with one attached hydrogen (secondary N) is 1. The number of carbonyl (C=O) groups is 1. The second kappa shape index (κ2) is 7.42. The molecule has 0 atom stereocenters. The Morgan fingerprint density at radius 1 is 1.12 bits per heavy atom. The van der Waals surface area contributed by atoms with Gasteiger partial charge in [0.25, 0.3) is 5.91 Å². The molecule has 0 saturated carbocycles. The van der Waals surface area contributed by atoms with E-state index in [1.54, 1.807) is 12.1 Å². The van der Waals surface area contributed by atoms with Gasteiger partial charge in [-0.3, -0.25) is 4.79 Å². The molecule has 1 aromatic heterocycles. The highest BCUT2D eigenvalue weighted by Gasteiger charge is 2.11. The summed E-state index contributed by atoms with van der Waals surface area (Å²) in [4.78, 5) is 16.7. The summed E-state index contributed by atoms with van der Waals surface area (Å²) in [5.74, 6) is 0.801. The number of imidazole rings is 1. The Kier molecular flexibility index (Phi) is 4.87. The highest BCUT2D eigenvalue weighted by atomic mass is 16.1. The maximum Gasteiger partial charge on any atom is 0.251 e. The average molecular weight is 318 g/mol. The zero-order chi connectivity index (χ0) is 16.8. The van der Waals surface area contributed by atoms with Crippen molar-refractivity contribution in [3.63, 3.8) is 0 Å². The van der Waals surface area contributed by atoms with Crippen LogP contribution in [0, 0.1) is 11.3 Å². The Morgan fingerprint density at radius 2 is 1.88 bits per heavy atom. The molecule has 1 N–H and O–H groups in total. The number of fused-ring (bicyclic) bond motifs is 1. The van der Waals surface area contributed by atoms with Gasteiger partial charge in [-0.25, -0.2) is 4.98 Å². The lowest BCUT2D eigenvalue weighted by Gasteiger charge is -2.08. The summed E-state index contributed by atoms with van der Waals surface area (Å²) in [6.07, 6.45) is 1.06. The normalized spacial score (nSPS) is 10.5. The van der Waals surface area contributed by atoms with E-state index in [2.05, 4.69) is 20.9 Å². The third-order valence-electron chi connectivity index (χ3n) is 3.85. The number of amides is 1. The van der Waals surface area contributed by atoms with Gasteiger partial charge in [0.2, 0.25) is 0 Å². The molecule has 1 amide bonds. The number of para-hydroxylation sites is 2. The first-order valence-corrected chi connectivity index (χ1v) is 7.94. The third kappa shape index (κ3) is 3.44. The molecule has 0 bridgehead atoms. The predicted molar refractivity (Wildman–Crippen MR) is 92.4 cm³/mol. The van der Waals surface area contributed by atoms with Crippen molar-refractivity contribution in [2.45, 2.75) is 19.4 Å². The van der Waals surface area contributed by atoms with Crippen molar-refractivity contribution in [3.8, 4) is 6.07 Å². The molecule has 24 heavy (non-hydrogen) atoms. The van der Waals surface area contributed by atoms with Gasteiger partial charge < -0.3 is 9.88 Å². The summed E-state index contributed by atoms with van der Waals surface area (Å²) in [7, 11) is 0. The Hall–Kier alpha value is -3.13. The van der Waals surface area contributed by atoms with E-state index in [4.69, 9.17) is 5.26 Å². The van der Waals surface area contributed by atoms with Crippen LogP contribution in [0.1, 0.15) is 22.6 Å². The number of aromatic nitrogens is 2. The molecule has 1 heterocycles. The van der Waals surface area contributed by atoms with Crippen molar-refractivity contribution in [1.82, 2.24) is 14.9 Å². The van der Waals surface area contributed by atoms with E-state index in [1.807, 2.05) is 42.5 Å². The molecule has 0 aliphatic carbocycles. The maximum atomic E-state index is 12.1. The molecular weight excluding hydrogens is 300 g/mol. The maximum absolute atomic E-state index is 12.1. The Labute approximate surface area is 140 Å². The van der Waals surface area contributed by atoms with Gasteiger partial charge >= 0.3 is 0 Å². The number of nitrogens with zero attached hydrogens (tertiary/aromatic N) is 3. The van der Waals surface area contributed by atoms with Gasteiger partial charge in [0.1, 0.15) is 5.82 Å². The minimum Gasteiger partial charge on any atom is -0.352 e. The lowest BCUT2D eigenvalue weighted by Crippen LogP contribution is -2.26. The first-order chi connectivity index (χ1) is 11.8. The SMILES string of the molecule is N#CCCn1c(CCNC(=O)c2ccccc2)nc2ccccc21. The third-order valence-corrected chi connectivity index (χ3v) is 3.85. The molecule has 5 heteroatoms. The second-order valence-corrected chi connectivity index (χ2v) is 5.45. The van der Waals surface area contributed by atoms with Crippen LogP contribution >= 0.6 is 0 Å². The van der Waals surface area contributed by atoms with E-state index in [0.29, 0.717) is 31.5 Å². The van der Waals surface area contributed by atoms with E-state index in [9.17, 15) is 4.79 Å². The molecule has 0 aliphatic rings. The monoisotopic (exact) mass is 318 g/mol. The van der Waals surface area contributed by atoms with Crippen LogP contribution in [0.3, 0.4) is 0 Å². The summed E-state index contributed by atoms with van der Waals surface area (Å²) in [6, 6.07) is 19.2. The quantitative estimate of drug-likeness (QED) is 0.759. The first kappa shape index (κ1) is 15.8. The van der Waals surface area contributed by atoms with Gasteiger partial charge in [-0.05, 0) is 24.3 Å². The minimum absolute atomic E-state index is 0.0877. The first-order valence-electron chi connectivity index (χ1n) is 7.94. The van der Waals surface area contributed by atoms with Crippen molar-refractivity contribution >= 4 is 16.9 Å². The van der Waals surface area contributed by atoms with Crippen LogP contribution < -0.4 is 5.32 Å². The molecule has 2 aromatic carbocycles. The summed E-state index contributed by atoms with van der Waals surface area (Å²) >= 11 is 0. The molecule has 0 aliphatic heterocycles. The van der Waals surface area contributed by atoms with Crippen LogP contribution in [0.2, 0.25) is 0 Å². The average Bonchev–Trinajstić information content (AvgIpc) is 2.98. The Bertz CT molecular complexity index is 877. The fourth-order valence-corrected chi connectivity index (χ4v) is 2.71. The minimum atomic E-state index is -0.0877. The zero-order valence-electron chi connectivity index (χ0n) is 13.3. The number of hydrogen-bond donors (Lipinski definition) is 1. The van der Waals surface area contributed by atoms with Crippen molar-refractivity contribution in [2.75, 3.05) is 6.54 Å². The van der Waals surface area contributed by atoms with Gasteiger partial charge in [0.05, 0.1) is 23.5 Å². The second-order valence-electron chi connectivity index (χ2n) is 5.45. The molecule has 3 aromatic rings. The van der Waals surface area contributed by atoms with Gasteiger partial charge in [0, 0.05) is 25.1 Å². The fraction of sp³-hybridized carbons (Fsp3) is 0.211. The lowest BCUT2D eigenvalue weighted by atomic mass is 10.2. The van der Waals surface area contributed by atoms with Crippen molar-refractivity contribution in [1.29, 1.82) is 5.26 Å². The van der Waals surface area contributed by atoms with Crippen LogP contribution in [0.15, 0.2) is 54.6 Å². The molecule has 0 unspecified atom stereocenters. The van der Waals surface area contributed by atoms with Crippen LogP contribution in [-0.2, 0) is 13.0 Å². The van der Waals surface area contributed by atoms with E-state index in [-0.39, 0.29) is 5.91 Å². The summed E-state index contributed by atoms with van der Waals surface area (Å²) in [6.45, 7) is 1.11. The van der Waals surface area contributed by atoms with Gasteiger partial charge in [0.15, 0.2) is 0 Å². The smallest absolute Gasteiger partial charge is 0.251 e. The molecule has 0 radical (unpaired) electrons. The summed E-state index contributed by atoms with van der Waals surface area (Å²) in [5.41, 5.74) is 2.59. The van der Waals surface area contributed by atoms with Crippen LogP contribution in [0.25, 0.3) is 11.0 Å². The number of aryl methyl sites for hydroxylation is 1. The van der Waals surface area contributed by atoms with Crippen molar-refractivity contribution < 1.29 is 4.79 Å². The van der Waals surface area contributed by atoms with Crippen molar-refractivity contribution in [2.24, 2.45) is 0 Å². The van der Waals surface area contributed by atoms with E-state index in [1.165, 1.54) is 0 Å². The van der Waals surface area contributed by atoms with Crippen molar-refractivity contribution in [3.05, 3.63) is 66.0 Å². The molecule has 5 nitrogen and oxygen atoms in total. The number of benzene rings is 2. The van der Waals surface area contributed by atoms with Crippen LogP contribution in [-0.4, -0.2) is 22.0 Å². The van der Waals surface area contributed by atoms with E-state index < -0.39 is 0 Å². The number of nitriles is 1. The summed E-state index contributed by atoms with van der Waals surface area (Å²) < 4.78 is 2.06.